The van der Waals surface area contributed by atoms with Crippen molar-refractivity contribution in [2.24, 2.45) is 0 Å². The second-order valence-corrected chi connectivity index (χ2v) is 10.1. The Morgan fingerprint density at radius 1 is 1.21 bits per heavy atom. The van der Waals surface area contributed by atoms with Gasteiger partial charge in [-0.3, -0.25) is 9.59 Å². The lowest BCUT2D eigenvalue weighted by atomic mass is 10.0. The van der Waals surface area contributed by atoms with Crippen LogP contribution in [0.2, 0.25) is 0 Å². The number of hydrogen-bond donors (Lipinski definition) is 2. The summed E-state index contributed by atoms with van der Waals surface area (Å²) in [6.07, 6.45) is 0. The predicted octanol–water partition coefficient (Wildman–Crippen LogP) is 5.81. The Labute approximate surface area is 197 Å². The second kappa shape index (κ2) is 9.44. The molecule has 33 heavy (non-hydrogen) atoms. The van der Waals surface area contributed by atoms with E-state index in [4.69, 9.17) is 0 Å². The van der Waals surface area contributed by atoms with Gasteiger partial charge in [0.15, 0.2) is 0 Å². The third-order valence-corrected chi connectivity index (χ3v) is 7.57. The molecule has 1 atom stereocenters. The van der Waals surface area contributed by atoms with Crippen LogP contribution in [0.25, 0.3) is 21.3 Å². The molecule has 0 fully saturated rings. The van der Waals surface area contributed by atoms with Crippen LogP contribution in [0.1, 0.15) is 23.2 Å². The Morgan fingerprint density at radius 2 is 1.94 bits per heavy atom. The molecule has 170 valence electrons. The molecule has 4 aromatic rings. The van der Waals surface area contributed by atoms with Gasteiger partial charge < -0.3 is 10.3 Å². The van der Waals surface area contributed by atoms with Crippen molar-refractivity contribution in [1.29, 1.82) is 0 Å². The molecule has 0 aliphatic heterocycles. The zero-order valence-electron chi connectivity index (χ0n) is 18.2. The number of nitrogens with one attached hydrogen (secondary N) is 2. The van der Waals surface area contributed by atoms with Gasteiger partial charge in [-0.05, 0) is 38.0 Å². The molecule has 2 N–H and O–H groups in total. The Kier molecular flexibility index (Phi) is 6.62. The first-order chi connectivity index (χ1) is 15.7. The van der Waals surface area contributed by atoms with Crippen molar-refractivity contribution in [3.05, 3.63) is 80.7 Å². The molecule has 0 aliphatic rings. The number of halogens is 2. The number of thiophene rings is 1. The van der Waals surface area contributed by atoms with Crippen molar-refractivity contribution >= 4 is 44.9 Å². The standard InChI is InChI=1S/C24H21F2N3O2S2/c1-12-13(2)33-24-20(12)23(31)27-19(28-24)11-32-14(3)22(30)29-21-17(9-16(25)10-18(21)26)15-7-5-4-6-8-15/h4-10,14H,11H2,1-3H3,(H,29,30)(H,27,28,31). The van der Waals surface area contributed by atoms with E-state index in [2.05, 4.69) is 15.3 Å². The smallest absolute Gasteiger partial charge is 0.259 e. The SMILES string of the molecule is Cc1sc2nc(CSC(C)C(=O)Nc3c(F)cc(F)cc3-c3ccccc3)[nH]c(=O)c2c1C. The lowest BCUT2D eigenvalue weighted by Gasteiger charge is -2.16. The number of benzene rings is 2. The second-order valence-electron chi connectivity index (χ2n) is 7.59. The molecule has 0 spiro atoms. The minimum Gasteiger partial charge on any atom is -0.322 e. The van der Waals surface area contributed by atoms with E-state index in [9.17, 15) is 18.4 Å². The number of H-pyrrole nitrogens is 1. The van der Waals surface area contributed by atoms with Gasteiger partial charge in [0.1, 0.15) is 22.3 Å². The van der Waals surface area contributed by atoms with Crippen molar-refractivity contribution in [3.8, 4) is 11.1 Å². The Balaban J connectivity index is 1.51. The van der Waals surface area contributed by atoms with Crippen LogP contribution in [0.3, 0.4) is 0 Å². The summed E-state index contributed by atoms with van der Waals surface area (Å²) in [6.45, 7) is 5.52. The van der Waals surface area contributed by atoms with E-state index in [0.717, 1.165) is 16.5 Å². The minimum atomic E-state index is -0.848. The third kappa shape index (κ3) is 4.84. The van der Waals surface area contributed by atoms with E-state index in [1.165, 1.54) is 29.2 Å². The Morgan fingerprint density at radius 3 is 2.67 bits per heavy atom. The highest BCUT2D eigenvalue weighted by atomic mass is 32.2. The molecule has 1 amide bonds. The maximum absolute atomic E-state index is 14.6. The summed E-state index contributed by atoms with van der Waals surface area (Å²) in [5.74, 6) is -1.24. The first kappa shape index (κ1) is 23.1. The molecule has 0 radical (unpaired) electrons. The minimum absolute atomic E-state index is 0.0717. The largest absolute Gasteiger partial charge is 0.322 e. The van der Waals surface area contributed by atoms with Crippen LogP contribution in [0, 0.1) is 25.5 Å². The molecule has 5 nitrogen and oxygen atoms in total. The Hall–Kier alpha value is -3.04. The molecule has 0 bridgehead atoms. The van der Waals surface area contributed by atoms with Crippen LogP contribution in [0.4, 0.5) is 14.5 Å². The maximum Gasteiger partial charge on any atom is 0.259 e. The zero-order chi connectivity index (χ0) is 23.7. The van der Waals surface area contributed by atoms with E-state index >= 15 is 0 Å². The number of carbonyl (C=O) groups is 1. The van der Waals surface area contributed by atoms with Crippen molar-refractivity contribution in [2.75, 3.05) is 5.32 Å². The number of thioether (sulfide) groups is 1. The molecule has 0 saturated heterocycles. The number of fused-ring (bicyclic) bond motifs is 1. The quantitative estimate of drug-likeness (QED) is 0.362. The maximum atomic E-state index is 14.6. The van der Waals surface area contributed by atoms with E-state index < -0.39 is 22.8 Å². The van der Waals surface area contributed by atoms with Gasteiger partial charge in [-0.15, -0.1) is 23.1 Å². The summed E-state index contributed by atoms with van der Waals surface area (Å²) in [7, 11) is 0. The van der Waals surface area contributed by atoms with E-state index in [1.807, 2.05) is 13.8 Å². The predicted molar refractivity (Wildman–Crippen MR) is 131 cm³/mol. The molecule has 2 aromatic heterocycles. The molecular weight excluding hydrogens is 464 g/mol. The van der Waals surface area contributed by atoms with E-state index in [0.29, 0.717) is 27.4 Å². The summed E-state index contributed by atoms with van der Waals surface area (Å²) in [4.78, 5) is 34.2. The fourth-order valence-corrected chi connectivity index (χ4v) is 5.22. The third-order valence-electron chi connectivity index (χ3n) is 5.32. The number of aromatic amines is 1. The van der Waals surface area contributed by atoms with E-state index in [-0.39, 0.29) is 16.8 Å². The average Bonchev–Trinajstić information content (AvgIpc) is 3.07. The van der Waals surface area contributed by atoms with Crippen molar-refractivity contribution in [1.82, 2.24) is 9.97 Å². The van der Waals surface area contributed by atoms with Gasteiger partial charge in [-0.1, -0.05) is 30.3 Å². The number of aryl methyl sites for hydroxylation is 2. The monoisotopic (exact) mass is 485 g/mol. The van der Waals surface area contributed by atoms with Crippen LogP contribution in [0.5, 0.6) is 0 Å². The van der Waals surface area contributed by atoms with Gasteiger partial charge in [-0.25, -0.2) is 13.8 Å². The summed E-state index contributed by atoms with van der Waals surface area (Å²) >= 11 is 2.72. The molecule has 2 heterocycles. The number of hydrogen-bond acceptors (Lipinski definition) is 5. The highest BCUT2D eigenvalue weighted by Crippen LogP contribution is 2.32. The van der Waals surface area contributed by atoms with Gasteiger partial charge in [0, 0.05) is 16.5 Å². The average molecular weight is 486 g/mol. The topological polar surface area (TPSA) is 74.8 Å². The zero-order valence-corrected chi connectivity index (χ0v) is 19.8. The first-order valence-electron chi connectivity index (χ1n) is 10.2. The van der Waals surface area contributed by atoms with Crippen LogP contribution < -0.4 is 10.9 Å². The molecule has 0 saturated carbocycles. The van der Waals surface area contributed by atoms with Gasteiger partial charge >= 0.3 is 0 Å². The lowest BCUT2D eigenvalue weighted by molar-refractivity contribution is -0.115. The fraction of sp³-hybridized carbons (Fsp3) is 0.208. The highest BCUT2D eigenvalue weighted by Gasteiger charge is 2.20. The molecule has 0 aliphatic carbocycles. The Bertz CT molecular complexity index is 1400. The molecule has 2 aromatic carbocycles. The van der Waals surface area contributed by atoms with E-state index in [1.54, 1.807) is 37.3 Å². The number of anilines is 1. The fourth-order valence-electron chi connectivity index (χ4n) is 3.42. The molecular formula is C24H21F2N3O2S2. The van der Waals surface area contributed by atoms with Crippen LogP contribution in [0.15, 0.2) is 47.3 Å². The van der Waals surface area contributed by atoms with Crippen molar-refractivity contribution in [2.45, 2.75) is 31.8 Å². The summed E-state index contributed by atoms with van der Waals surface area (Å²) in [6, 6.07) is 10.7. The summed E-state index contributed by atoms with van der Waals surface area (Å²) in [5.41, 5.74) is 1.50. The van der Waals surface area contributed by atoms with Crippen LogP contribution in [-0.2, 0) is 10.5 Å². The van der Waals surface area contributed by atoms with Crippen LogP contribution >= 0.6 is 23.1 Å². The first-order valence-corrected chi connectivity index (χ1v) is 12.1. The number of aromatic nitrogens is 2. The number of rotatable bonds is 6. The highest BCUT2D eigenvalue weighted by molar-refractivity contribution is 7.99. The van der Waals surface area contributed by atoms with Gasteiger partial charge in [0.2, 0.25) is 5.91 Å². The summed E-state index contributed by atoms with van der Waals surface area (Å²) in [5, 5.41) is 2.62. The van der Waals surface area contributed by atoms with Crippen molar-refractivity contribution < 1.29 is 13.6 Å². The van der Waals surface area contributed by atoms with Crippen LogP contribution in [-0.4, -0.2) is 21.1 Å². The van der Waals surface area contributed by atoms with Gasteiger partial charge in [-0.2, -0.15) is 0 Å². The van der Waals surface area contributed by atoms with Gasteiger partial charge in [0.25, 0.3) is 5.56 Å². The molecule has 9 heteroatoms. The number of carbonyl (C=O) groups excluding carboxylic acids is 1. The molecule has 1 unspecified atom stereocenters. The number of nitrogens with zero attached hydrogens (tertiary/aromatic N) is 1. The molecule has 4 rings (SSSR count). The number of amides is 1. The normalized spacial score (nSPS) is 12.2. The van der Waals surface area contributed by atoms with Gasteiger partial charge in [0.05, 0.1) is 22.1 Å². The summed E-state index contributed by atoms with van der Waals surface area (Å²) < 4.78 is 28.5. The lowest BCUT2D eigenvalue weighted by Crippen LogP contribution is -2.24. The van der Waals surface area contributed by atoms with Crippen molar-refractivity contribution in [3.63, 3.8) is 0 Å².